The van der Waals surface area contributed by atoms with Crippen LogP contribution in [0.1, 0.15) is 24.5 Å². The fourth-order valence-corrected chi connectivity index (χ4v) is 4.29. The van der Waals surface area contributed by atoms with E-state index < -0.39 is 6.10 Å². The number of fused-ring (bicyclic) bond motifs is 4. The summed E-state index contributed by atoms with van der Waals surface area (Å²) in [4.78, 5) is 6.86. The van der Waals surface area contributed by atoms with Crippen LogP contribution < -0.4 is 0 Å². The molecule has 1 N–H and O–H groups in total. The zero-order chi connectivity index (χ0) is 15.1. The molecule has 0 amide bonds. The first-order chi connectivity index (χ1) is 10.8. The Kier molecular flexibility index (Phi) is 3.47. The minimum atomic E-state index is -0.443. The van der Waals surface area contributed by atoms with E-state index in [-0.39, 0.29) is 6.04 Å². The number of aromatic nitrogens is 1. The Balaban J connectivity index is 1.67. The van der Waals surface area contributed by atoms with Gasteiger partial charge in [0.15, 0.2) is 0 Å². The van der Waals surface area contributed by atoms with Crippen molar-refractivity contribution in [3.8, 4) is 0 Å². The minimum absolute atomic E-state index is 0.223. The molecule has 2 bridgehead atoms. The average molecular weight is 294 g/mol. The highest BCUT2D eigenvalue weighted by molar-refractivity contribution is 5.82. The van der Waals surface area contributed by atoms with Gasteiger partial charge in [0.25, 0.3) is 0 Å². The van der Waals surface area contributed by atoms with Crippen LogP contribution in [0.2, 0.25) is 0 Å². The second kappa shape index (κ2) is 5.49. The molecule has 0 spiro atoms. The number of hydrogen-bond donors (Lipinski definition) is 1. The number of rotatable bonds is 3. The molecule has 4 heterocycles. The Hall–Kier alpha value is -1.71. The Morgan fingerprint density at radius 2 is 2.18 bits per heavy atom. The average Bonchev–Trinajstić information content (AvgIpc) is 2.60. The van der Waals surface area contributed by atoms with Crippen LogP contribution in [-0.2, 0) is 0 Å². The van der Waals surface area contributed by atoms with Gasteiger partial charge in [0.1, 0.15) is 0 Å². The number of benzene rings is 1. The maximum atomic E-state index is 11.0. The molecule has 0 aliphatic carbocycles. The fourth-order valence-electron chi connectivity index (χ4n) is 4.29. The van der Waals surface area contributed by atoms with E-state index in [2.05, 4.69) is 28.6 Å². The second-order valence-electron chi connectivity index (χ2n) is 6.61. The fraction of sp³-hybridized carbons (Fsp3) is 0.421. The Morgan fingerprint density at radius 1 is 1.32 bits per heavy atom. The Bertz CT molecular complexity index is 693. The van der Waals surface area contributed by atoms with Crippen LogP contribution in [0.25, 0.3) is 10.9 Å². The molecule has 2 aromatic rings. The van der Waals surface area contributed by atoms with Crippen LogP contribution in [-0.4, -0.2) is 34.1 Å². The van der Waals surface area contributed by atoms with Crippen molar-refractivity contribution in [1.82, 2.24) is 9.88 Å². The van der Waals surface area contributed by atoms with E-state index in [0.29, 0.717) is 11.8 Å². The maximum Gasteiger partial charge on any atom is 0.0952 e. The van der Waals surface area contributed by atoms with Gasteiger partial charge in [-0.1, -0.05) is 24.3 Å². The molecule has 1 aromatic heterocycles. The summed E-state index contributed by atoms with van der Waals surface area (Å²) in [6.45, 7) is 6.11. The normalized spacial score (nSPS) is 32.0. The minimum Gasteiger partial charge on any atom is -0.387 e. The molecule has 3 aliphatic heterocycles. The summed E-state index contributed by atoms with van der Waals surface area (Å²) in [6, 6.07) is 10.3. The van der Waals surface area contributed by atoms with E-state index in [1.165, 1.54) is 6.42 Å². The third-order valence-corrected chi connectivity index (χ3v) is 5.52. The van der Waals surface area contributed by atoms with E-state index in [9.17, 15) is 5.11 Å². The van der Waals surface area contributed by atoms with Crippen molar-refractivity contribution in [1.29, 1.82) is 0 Å². The van der Waals surface area contributed by atoms with E-state index in [1.54, 1.807) is 0 Å². The number of pyridine rings is 1. The summed E-state index contributed by atoms with van der Waals surface area (Å²) in [5.41, 5.74) is 1.97. The van der Waals surface area contributed by atoms with Crippen LogP contribution in [0.3, 0.4) is 0 Å². The zero-order valence-corrected chi connectivity index (χ0v) is 12.7. The van der Waals surface area contributed by atoms with Gasteiger partial charge in [-0.2, -0.15) is 0 Å². The number of aliphatic hydroxyl groups is 1. The van der Waals surface area contributed by atoms with Gasteiger partial charge in [-0.15, -0.1) is 6.58 Å². The monoisotopic (exact) mass is 294 g/mol. The van der Waals surface area contributed by atoms with E-state index in [1.807, 2.05) is 30.5 Å². The standard InChI is InChI=1S/C19H22N2O/c1-2-13-12-21-10-8-14(13)11-18(21)19(22)16-7-9-20-17-6-4-3-5-15(16)17/h2-7,9,13-14,18-19,22H,1,8,10-12H2/t13?,14-,18-,19+/m0/s1. The molecule has 22 heavy (non-hydrogen) atoms. The zero-order valence-electron chi connectivity index (χ0n) is 12.7. The van der Waals surface area contributed by atoms with E-state index in [0.717, 1.165) is 36.0 Å². The number of nitrogens with zero attached hydrogens (tertiary/aromatic N) is 2. The van der Waals surface area contributed by atoms with Gasteiger partial charge in [-0.05, 0) is 48.9 Å². The predicted molar refractivity (Wildman–Crippen MR) is 88.5 cm³/mol. The van der Waals surface area contributed by atoms with Crippen molar-refractivity contribution in [3.63, 3.8) is 0 Å². The summed E-state index contributed by atoms with van der Waals surface area (Å²) >= 11 is 0. The molecule has 3 aliphatic rings. The Morgan fingerprint density at radius 3 is 2.95 bits per heavy atom. The summed E-state index contributed by atoms with van der Waals surface area (Å²) < 4.78 is 0. The van der Waals surface area contributed by atoms with Crippen molar-refractivity contribution in [2.45, 2.75) is 25.0 Å². The SMILES string of the molecule is C=CC1CN2CC[C@H]1C[C@H]2[C@H](O)c1ccnc2ccccc12. The molecule has 114 valence electrons. The molecule has 0 saturated carbocycles. The molecular weight excluding hydrogens is 272 g/mol. The highest BCUT2D eigenvalue weighted by Crippen LogP contribution is 2.41. The van der Waals surface area contributed by atoms with Crippen LogP contribution in [0.5, 0.6) is 0 Å². The van der Waals surface area contributed by atoms with Crippen LogP contribution in [0, 0.1) is 11.8 Å². The molecule has 0 radical (unpaired) electrons. The van der Waals surface area contributed by atoms with Gasteiger partial charge >= 0.3 is 0 Å². The molecule has 5 atom stereocenters. The number of hydrogen-bond acceptors (Lipinski definition) is 3. The molecule has 3 fully saturated rings. The van der Waals surface area contributed by atoms with Gasteiger partial charge in [0.05, 0.1) is 11.6 Å². The first kappa shape index (κ1) is 13.9. The number of para-hydroxylation sites is 1. The van der Waals surface area contributed by atoms with Crippen molar-refractivity contribution in [2.75, 3.05) is 13.1 Å². The van der Waals surface area contributed by atoms with Crippen LogP contribution in [0.4, 0.5) is 0 Å². The summed E-state index contributed by atoms with van der Waals surface area (Å²) in [6.07, 6.45) is 5.76. The highest BCUT2D eigenvalue weighted by Gasteiger charge is 2.42. The first-order valence-electron chi connectivity index (χ1n) is 8.16. The molecule has 5 rings (SSSR count). The van der Waals surface area contributed by atoms with E-state index in [4.69, 9.17) is 0 Å². The third kappa shape index (κ3) is 2.16. The van der Waals surface area contributed by atoms with Crippen molar-refractivity contribution >= 4 is 10.9 Å². The highest BCUT2D eigenvalue weighted by atomic mass is 16.3. The number of piperidine rings is 3. The van der Waals surface area contributed by atoms with E-state index >= 15 is 0 Å². The molecule has 3 saturated heterocycles. The third-order valence-electron chi connectivity index (χ3n) is 5.52. The second-order valence-corrected chi connectivity index (χ2v) is 6.61. The lowest BCUT2D eigenvalue weighted by Crippen LogP contribution is -2.54. The largest absolute Gasteiger partial charge is 0.387 e. The summed E-state index contributed by atoms with van der Waals surface area (Å²) in [7, 11) is 0. The van der Waals surface area contributed by atoms with Gasteiger partial charge in [0, 0.05) is 24.2 Å². The number of aliphatic hydroxyl groups excluding tert-OH is 1. The van der Waals surface area contributed by atoms with Crippen molar-refractivity contribution < 1.29 is 5.11 Å². The lowest BCUT2D eigenvalue weighted by Gasteiger charge is -2.50. The Labute approximate surface area is 131 Å². The van der Waals surface area contributed by atoms with Gasteiger partial charge < -0.3 is 5.11 Å². The van der Waals surface area contributed by atoms with Crippen molar-refractivity contribution in [3.05, 3.63) is 54.7 Å². The van der Waals surface area contributed by atoms with Gasteiger partial charge in [-0.25, -0.2) is 0 Å². The topological polar surface area (TPSA) is 36.4 Å². The molecule has 2 unspecified atom stereocenters. The smallest absolute Gasteiger partial charge is 0.0952 e. The molecule has 1 aromatic carbocycles. The first-order valence-corrected chi connectivity index (χ1v) is 8.16. The van der Waals surface area contributed by atoms with Gasteiger partial charge in [-0.3, -0.25) is 9.88 Å². The molecule has 3 heteroatoms. The predicted octanol–water partition coefficient (Wildman–Crippen LogP) is 3.16. The van der Waals surface area contributed by atoms with Crippen LogP contribution in [0.15, 0.2) is 49.2 Å². The maximum absolute atomic E-state index is 11.0. The lowest BCUT2D eigenvalue weighted by molar-refractivity contribution is -0.0444. The molecule has 3 nitrogen and oxygen atoms in total. The lowest BCUT2D eigenvalue weighted by atomic mass is 9.73. The summed E-state index contributed by atoms with van der Waals surface area (Å²) in [5.74, 6) is 1.27. The summed E-state index contributed by atoms with van der Waals surface area (Å²) in [5, 5.41) is 12.1. The van der Waals surface area contributed by atoms with Crippen LogP contribution >= 0.6 is 0 Å². The quantitative estimate of drug-likeness (QED) is 0.883. The van der Waals surface area contributed by atoms with Gasteiger partial charge in [0.2, 0.25) is 0 Å². The van der Waals surface area contributed by atoms with Crippen molar-refractivity contribution in [2.24, 2.45) is 11.8 Å². The molecular formula is C19H22N2O.